The number of thioether (sulfide) groups is 1. The van der Waals surface area contributed by atoms with Crippen molar-refractivity contribution < 1.29 is 23.5 Å². The van der Waals surface area contributed by atoms with E-state index in [-0.39, 0.29) is 23.0 Å². The molecule has 206 valence electrons. The second kappa shape index (κ2) is 10.3. The predicted octanol–water partition coefficient (Wildman–Crippen LogP) is 4.71. The van der Waals surface area contributed by atoms with Crippen molar-refractivity contribution in [1.82, 2.24) is 14.0 Å². The summed E-state index contributed by atoms with van der Waals surface area (Å²) in [5.74, 6) is 0.104. The maximum Gasteiger partial charge on any atom is 0.365 e. The molecule has 4 heterocycles. The minimum absolute atomic E-state index is 0.0939. The number of rotatable bonds is 5. The molecule has 0 unspecified atom stereocenters. The molecule has 0 spiro atoms. The van der Waals surface area contributed by atoms with Crippen LogP contribution in [0.4, 0.5) is 14.0 Å². The van der Waals surface area contributed by atoms with E-state index >= 15 is 0 Å². The van der Waals surface area contributed by atoms with Crippen LogP contribution < -0.4 is 15.8 Å². The number of hydrogen-bond acceptors (Lipinski definition) is 4. The first-order chi connectivity index (χ1) is 19.7. The molecule has 11 heteroatoms. The molecule has 0 saturated carbocycles. The highest BCUT2D eigenvalue weighted by Crippen LogP contribution is 2.42. The molecule has 0 bridgehead atoms. The van der Waals surface area contributed by atoms with Gasteiger partial charge in [-0.2, -0.15) is 0 Å². The Hall–Kier alpha value is -4.90. The number of nitrogens with zero attached hydrogens (tertiary/aromatic N) is 4. The number of nitrogens with two attached hydrogens (primary N) is 1. The molecule has 0 saturated heterocycles. The molecular weight excluding hydrogens is 543 g/mol. The normalized spacial score (nSPS) is 14.2. The number of halogens is 1. The number of carbonyl (C=O) groups is 3. The summed E-state index contributed by atoms with van der Waals surface area (Å²) < 4.78 is 18.5. The van der Waals surface area contributed by atoms with Crippen LogP contribution in [-0.4, -0.2) is 46.0 Å². The SMILES string of the molecule is CN(C)C(=O)n1cc(C(=O)c2ccn3c2CS[C@@H]3c2ccc[n+](NC(N)=O)c2)c2ccc(-c3ccc(F)cc3)cc21. The van der Waals surface area contributed by atoms with Gasteiger partial charge in [0, 0.05) is 60.5 Å². The summed E-state index contributed by atoms with van der Waals surface area (Å²) in [6.45, 7) is 0. The van der Waals surface area contributed by atoms with Gasteiger partial charge in [-0.3, -0.25) is 9.36 Å². The fraction of sp³-hybridized carbons (Fsp3) is 0.133. The molecule has 2 aromatic carbocycles. The van der Waals surface area contributed by atoms with Crippen LogP contribution >= 0.6 is 11.8 Å². The smallest absolute Gasteiger partial charge is 0.347 e. The number of aromatic nitrogens is 3. The number of urea groups is 1. The largest absolute Gasteiger partial charge is 0.365 e. The Bertz CT molecular complexity index is 1840. The number of primary amides is 1. The lowest BCUT2D eigenvalue weighted by Crippen LogP contribution is -2.50. The number of nitrogens with one attached hydrogen (secondary N) is 1. The fourth-order valence-corrected chi connectivity index (χ4v) is 6.45. The molecular formula is C30H26FN6O3S+. The topological polar surface area (TPSA) is 106 Å². The molecule has 3 aromatic heterocycles. The summed E-state index contributed by atoms with van der Waals surface area (Å²) in [7, 11) is 3.31. The van der Waals surface area contributed by atoms with Crippen LogP contribution in [-0.2, 0) is 5.75 Å². The van der Waals surface area contributed by atoms with Crippen molar-refractivity contribution in [1.29, 1.82) is 0 Å². The van der Waals surface area contributed by atoms with Gasteiger partial charge in [0.25, 0.3) is 0 Å². The third-order valence-corrected chi connectivity index (χ3v) is 8.32. The van der Waals surface area contributed by atoms with Crippen molar-refractivity contribution in [2.75, 3.05) is 19.5 Å². The van der Waals surface area contributed by atoms with Gasteiger partial charge in [-0.1, -0.05) is 28.9 Å². The Balaban J connectivity index is 1.39. The summed E-state index contributed by atoms with van der Waals surface area (Å²) in [5, 5.41) is 0.559. The summed E-state index contributed by atoms with van der Waals surface area (Å²) in [6.07, 6.45) is 6.97. The van der Waals surface area contributed by atoms with Crippen LogP contribution in [0.25, 0.3) is 22.0 Å². The molecule has 1 aliphatic heterocycles. The van der Waals surface area contributed by atoms with Gasteiger partial charge in [-0.15, -0.1) is 17.2 Å². The van der Waals surface area contributed by atoms with Crippen LogP contribution in [0.5, 0.6) is 0 Å². The Labute approximate surface area is 238 Å². The van der Waals surface area contributed by atoms with Crippen molar-refractivity contribution in [3.63, 3.8) is 0 Å². The predicted molar refractivity (Wildman–Crippen MR) is 155 cm³/mol. The Kier molecular flexibility index (Phi) is 6.58. The van der Waals surface area contributed by atoms with Gasteiger partial charge in [-0.05, 0) is 41.5 Å². The van der Waals surface area contributed by atoms with E-state index in [1.54, 1.807) is 56.6 Å². The van der Waals surface area contributed by atoms with Gasteiger partial charge in [0.15, 0.2) is 12.0 Å². The monoisotopic (exact) mass is 569 g/mol. The highest BCUT2D eigenvalue weighted by atomic mass is 32.2. The quantitative estimate of drug-likeness (QED) is 0.236. The first kappa shape index (κ1) is 26.3. The van der Waals surface area contributed by atoms with E-state index in [9.17, 15) is 18.8 Å². The van der Waals surface area contributed by atoms with E-state index < -0.39 is 6.03 Å². The summed E-state index contributed by atoms with van der Waals surface area (Å²) in [5.41, 5.74) is 12.8. The zero-order valence-electron chi connectivity index (χ0n) is 22.2. The van der Waals surface area contributed by atoms with Crippen LogP contribution in [0.15, 0.2) is 85.5 Å². The van der Waals surface area contributed by atoms with Gasteiger partial charge < -0.3 is 15.2 Å². The molecule has 5 aromatic rings. The van der Waals surface area contributed by atoms with E-state index in [1.807, 2.05) is 42.6 Å². The van der Waals surface area contributed by atoms with Crippen molar-refractivity contribution in [3.05, 3.63) is 114 Å². The van der Waals surface area contributed by atoms with E-state index in [1.165, 1.54) is 26.3 Å². The number of carbonyl (C=O) groups excluding carboxylic acids is 3. The number of ketones is 1. The van der Waals surface area contributed by atoms with E-state index in [0.29, 0.717) is 27.8 Å². The number of fused-ring (bicyclic) bond motifs is 2. The Morgan fingerprint density at radius 2 is 1.80 bits per heavy atom. The molecule has 3 N–H and O–H groups in total. The summed E-state index contributed by atoms with van der Waals surface area (Å²) in [4.78, 5) is 39.9. The second-order valence-corrected chi connectivity index (χ2v) is 11.0. The van der Waals surface area contributed by atoms with Gasteiger partial charge in [-0.25, -0.2) is 14.0 Å². The molecule has 1 aliphatic rings. The number of pyridine rings is 1. The lowest BCUT2D eigenvalue weighted by atomic mass is 10.00. The Morgan fingerprint density at radius 3 is 2.54 bits per heavy atom. The minimum atomic E-state index is -0.669. The molecule has 41 heavy (non-hydrogen) atoms. The molecule has 0 radical (unpaired) electrons. The first-order valence-electron chi connectivity index (χ1n) is 12.8. The molecule has 6 rings (SSSR count). The van der Waals surface area contributed by atoms with E-state index in [2.05, 4.69) is 9.99 Å². The maximum absolute atomic E-state index is 14.0. The van der Waals surface area contributed by atoms with Gasteiger partial charge in [0.1, 0.15) is 11.2 Å². The third-order valence-electron chi connectivity index (χ3n) is 7.06. The minimum Gasteiger partial charge on any atom is -0.347 e. The Morgan fingerprint density at radius 1 is 1.05 bits per heavy atom. The van der Waals surface area contributed by atoms with E-state index in [4.69, 9.17) is 5.73 Å². The number of benzene rings is 2. The standard InChI is InChI=1S/C30H25FN6O3S/c1-34(2)30(40)37-16-24(22-10-7-19(14-25(22)37)18-5-8-21(31)9-6-18)27(38)23-11-13-36-26(23)17-41-28(36)20-4-3-12-35(15-20)33-29(32)39/h3-16,28H,17H2,1-2H3,(H2-,32,33,39)/p+1/t28-/m1/s1. The fourth-order valence-electron chi connectivity index (χ4n) is 5.14. The van der Waals surface area contributed by atoms with Crippen molar-refractivity contribution in [3.8, 4) is 11.1 Å². The average molecular weight is 570 g/mol. The van der Waals surface area contributed by atoms with Crippen molar-refractivity contribution in [2.24, 2.45) is 5.73 Å². The van der Waals surface area contributed by atoms with Crippen molar-refractivity contribution >= 4 is 40.5 Å². The van der Waals surface area contributed by atoms with Gasteiger partial charge in [0.2, 0.25) is 6.20 Å². The molecule has 9 nitrogen and oxygen atoms in total. The van der Waals surface area contributed by atoms with Crippen LogP contribution in [0.2, 0.25) is 0 Å². The zero-order chi connectivity index (χ0) is 28.8. The zero-order valence-corrected chi connectivity index (χ0v) is 23.1. The summed E-state index contributed by atoms with van der Waals surface area (Å²) in [6, 6.07) is 16.3. The lowest BCUT2D eigenvalue weighted by Gasteiger charge is -2.12. The number of amides is 3. The van der Waals surface area contributed by atoms with Crippen LogP contribution in [0, 0.1) is 5.82 Å². The van der Waals surface area contributed by atoms with Crippen LogP contribution in [0.1, 0.15) is 32.6 Å². The molecule has 0 aliphatic carbocycles. The third kappa shape index (κ3) is 4.74. The molecule has 1 atom stereocenters. The number of hydrogen-bond donors (Lipinski definition) is 2. The molecule has 0 fully saturated rings. The highest BCUT2D eigenvalue weighted by molar-refractivity contribution is 7.99. The maximum atomic E-state index is 14.0. The first-order valence-corrected chi connectivity index (χ1v) is 13.8. The van der Waals surface area contributed by atoms with Gasteiger partial charge in [0.05, 0.1) is 11.1 Å². The lowest BCUT2D eigenvalue weighted by molar-refractivity contribution is -0.641. The summed E-state index contributed by atoms with van der Waals surface area (Å²) >= 11 is 1.66. The molecule has 3 amide bonds. The van der Waals surface area contributed by atoms with E-state index in [0.717, 1.165) is 22.4 Å². The van der Waals surface area contributed by atoms with Crippen molar-refractivity contribution in [2.45, 2.75) is 11.1 Å². The van der Waals surface area contributed by atoms with Crippen LogP contribution in [0.3, 0.4) is 0 Å². The highest BCUT2D eigenvalue weighted by Gasteiger charge is 2.31. The van der Waals surface area contributed by atoms with Gasteiger partial charge >= 0.3 is 12.1 Å². The second-order valence-electron chi connectivity index (χ2n) is 9.93. The average Bonchev–Trinajstić information content (AvgIpc) is 3.66.